The Hall–Kier alpha value is -1.68. The zero-order valence-electron chi connectivity index (χ0n) is 12.1. The summed E-state index contributed by atoms with van der Waals surface area (Å²) < 4.78 is 11.9. The fraction of sp³-hybridized carbons (Fsp3) is 0.0556. The number of benzene rings is 2. The average Bonchev–Trinajstić information content (AvgIpc) is 2.54. The monoisotopic (exact) mass is 364 g/mol. The molecule has 0 amide bonds. The van der Waals surface area contributed by atoms with E-state index in [1.807, 2.05) is 24.3 Å². The fourth-order valence-electron chi connectivity index (χ4n) is 1.73. The van der Waals surface area contributed by atoms with Gasteiger partial charge in [0.2, 0.25) is 0 Å². The van der Waals surface area contributed by atoms with Crippen LogP contribution in [0.5, 0.6) is 0 Å². The van der Waals surface area contributed by atoms with E-state index < -0.39 is 10.8 Å². The van der Waals surface area contributed by atoms with Crippen molar-refractivity contribution in [1.82, 2.24) is 0 Å². The highest BCUT2D eigenvalue weighted by atomic mass is 35.5. The van der Waals surface area contributed by atoms with Crippen LogP contribution in [0.25, 0.3) is 12.2 Å². The minimum absolute atomic E-state index is 0.0474. The van der Waals surface area contributed by atoms with Crippen molar-refractivity contribution in [2.75, 3.05) is 5.75 Å². The number of hydrogen-bond acceptors (Lipinski definition) is 2. The number of carbonyl (C=O) groups excluding carboxylic acids is 1. The summed E-state index contributed by atoms with van der Waals surface area (Å²) in [5, 5.41) is 2.80. The van der Waals surface area contributed by atoms with Crippen molar-refractivity contribution in [3.63, 3.8) is 0 Å². The lowest BCUT2D eigenvalue weighted by atomic mass is 10.2. The van der Waals surface area contributed by atoms with E-state index >= 15 is 0 Å². The van der Waals surface area contributed by atoms with Crippen molar-refractivity contribution in [2.24, 2.45) is 0 Å². The van der Waals surface area contributed by atoms with Crippen molar-refractivity contribution in [2.45, 2.75) is 0 Å². The SMILES string of the molecule is O=C(/C=C/c1ccc(Cl)cc1)CS(=O)/C=C/c1ccc(Cl)cc1. The minimum Gasteiger partial charge on any atom is -0.294 e. The van der Waals surface area contributed by atoms with E-state index in [1.165, 1.54) is 11.5 Å². The Balaban J connectivity index is 1.88. The molecule has 0 saturated heterocycles. The highest BCUT2D eigenvalue weighted by molar-refractivity contribution is 7.88. The van der Waals surface area contributed by atoms with Gasteiger partial charge in [-0.3, -0.25) is 9.00 Å². The summed E-state index contributed by atoms with van der Waals surface area (Å²) in [7, 11) is -1.35. The van der Waals surface area contributed by atoms with E-state index in [0.29, 0.717) is 10.0 Å². The summed E-state index contributed by atoms with van der Waals surface area (Å²) in [4.78, 5) is 11.8. The van der Waals surface area contributed by atoms with Crippen LogP contribution in [-0.4, -0.2) is 15.7 Å². The van der Waals surface area contributed by atoms with E-state index in [2.05, 4.69) is 0 Å². The highest BCUT2D eigenvalue weighted by Crippen LogP contribution is 2.12. The number of carbonyl (C=O) groups is 1. The number of hydrogen-bond donors (Lipinski definition) is 0. The maximum atomic E-state index is 11.9. The minimum atomic E-state index is -1.35. The zero-order chi connectivity index (χ0) is 16.7. The van der Waals surface area contributed by atoms with Gasteiger partial charge in [-0.1, -0.05) is 53.5 Å². The second kappa shape index (κ2) is 8.82. The second-order valence-corrected chi connectivity index (χ2v) is 6.93. The van der Waals surface area contributed by atoms with Crippen LogP contribution in [0.2, 0.25) is 10.0 Å². The van der Waals surface area contributed by atoms with E-state index in [9.17, 15) is 9.00 Å². The van der Waals surface area contributed by atoms with Gasteiger partial charge in [0.25, 0.3) is 0 Å². The predicted octanol–water partition coefficient (Wildman–Crippen LogP) is 5.00. The first-order chi connectivity index (χ1) is 11.0. The number of ketones is 1. The molecule has 0 heterocycles. The van der Waals surface area contributed by atoms with Crippen LogP contribution in [0.4, 0.5) is 0 Å². The Morgan fingerprint density at radius 3 is 1.87 bits per heavy atom. The highest BCUT2D eigenvalue weighted by Gasteiger charge is 2.02. The van der Waals surface area contributed by atoms with Gasteiger partial charge in [-0.25, -0.2) is 0 Å². The predicted molar refractivity (Wildman–Crippen MR) is 99.0 cm³/mol. The Labute approximate surface area is 147 Å². The van der Waals surface area contributed by atoms with Gasteiger partial charge in [-0.2, -0.15) is 0 Å². The molecule has 118 valence electrons. The molecule has 0 bridgehead atoms. The van der Waals surface area contributed by atoms with Crippen molar-refractivity contribution in [3.8, 4) is 0 Å². The molecule has 0 N–H and O–H groups in total. The summed E-state index contributed by atoms with van der Waals surface area (Å²) in [6.07, 6.45) is 4.82. The topological polar surface area (TPSA) is 34.1 Å². The molecule has 0 aliphatic rings. The molecule has 2 nitrogen and oxygen atoms in total. The third-order valence-corrected chi connectivity index (χ3v) is 4.41. The summed E-state index contributed by atoms with van der Waals surface area (Å²) in [5.74, 6) is -0.243. The molecule has 0 radical (unpaired) electrons. The van der Waals surface area contributed by atoms with Crippen molar-refractivity contribution >= 4 is 51.9 Å². The smallest absolute Gasteiger partial charge is 0.168 e. The normalized spacial score (nSPS) is 12.8. The van der Waals surface area contributed by atoms with Gasteiger partial charge in [0.05, 0.1) is 16.6 Å². The lowest BCUT2D eigenvalue weighted by Crippen LogP contribution is -2.05. The summed E-state index contributed by atoms with van der Waals surface area (Å²) in [6, 6.07) is 14.3. The molecule has 0 aliphatic carbocycles. The van der Waals surface area contributed by atoms with Crippen LogP contribution in [0.3, 0.4) is 0 Å². The molecule has 0 saturated carbocycles. The van der Waals surface area contributed by atoms with Crippen LogP contribution in [-0.2, 0) is 15.6 Å². The standard InChI is InChI=1S/C18H14Cl2O2S/c19-16-6-1-14(2-7-16)5-10-18(21)13-23(22)12-11-15-3-8-17(20)9-4-15/h1-12H,13H2/b10-5+,12-11+. The summed E-state index contributed by atoms with van der Waals surface area (Å²) in [5.41, 5.74) is 1.75. The number of rotatable bonds is 6. The fourth-order valence-corrected chi connectivity index (χ4v) is 2.76. The third-order valence-electron chi connectivity index (χ3n) is 2.90. The molecule has 0 aromatic heterocycles. The molecule has 0 spiro atoms. The van der Waals surface area contributed by atoms with Crippen molar-refractivity contribution in [1.29, 1.82) is 0 Å². The van der Waals surface area contributed by atoms with Gasteiger partial charge in [-0.05, 0) is 47.5 Å². The number of allylic oxidation sites excluding steroid dienone is 1. The molecule has 2 aromatic carbocycles. The van der Waals surface area contributed by atoms with Crippen LogP contribution >= 0.6 is 23.2 Å². The first kappa shape index (κ1) is 17.7. The molecular formula is C18H14Cl2O2S. The second-order valence-electron chi connectivity index (χ2n) is 4.73. The Morgan fingerprint density at radius 1 is 0.870 bits per heavy atom. The van der Waals surface area contributed by atoms with Gasteiger partial charge in [0, 0.05) is 15.5 Å². The molecule has 1 unspecified atom stereocenters. The lowest BCUT2D eigenvalue weighted by molar-refractivity contribution is -0.112. The maximum Gasteiger partial charge on any atom is 0.168 e. The maximum absolute atomic E-state index is 11.9. The van der Waals surface area contributed by atoms with E-state index in [0.717, 1.165) is 11.1 Å². The van der Waals surface area contributed by atoms with Gasteiger partial charge in [0.1, 0.15) is 0 Å². The van der Waals surface area contributed by atoms with E-state index in [4.69, 9.17) is 23.2 Å². The van der Waals surface area contributed by atoms with Gasteiger partial charge < -0.3 is 0 Å². The first-order valence-electron chi connectivity index (χ1n) is 6.80. The molecule has 23 heavy (non-hydrogen) atoms. The summed E-state index contributed by atoms with van der Waals surface area (Å²) >= 11 is 11.6. The van der Waals surface area contributed by atoms with Crippen LogP contribution in [0.1, 0.15) is 11.1 Å². The Bertz CT molecular complexity index is 682. The Morgan fingerprint density at radius 2 is 1.35 bits per heavy atom. The molecule has 0 fully saturated rings. The van der Waals surface area contributed by atoms with E-state index in [-0.39, 0.29) is 11.5 Å². The molecular weight excluding hydrogens is 351 g/mol. The van der Waals surface area contributed by atoms with E-state index in [1.54, 1.807) is 36.4 Å². The molecule has 1 atom stereocenters. The zero-order valence-corrected chi connectivity index (χ0v) is 14.4. The third kappa shape index (κ3) is 6.53. The molecule has 2 rings (SSSR count). The van der Waals surface area contributed by atoms with Gasteiger partial charge in [-0.15, -0.1) is 0 Å². The lowest BCUT2D eigenvalue weighted by Gasteiger charge is -1.95. The summed E-state index contributed by atoms with van der Waals surface area (Å²) in [6.45, 7) is 0. The quantitative estimate of drug-likeness (QED) is 0.676. The Kier molecular flexibility index (Phi) is 6.78. The van der Waals surface area contributed by atoms with Crippen LogP contribution in [0.15, 0.2) is 60.0 Å². The van der Waals surface area contributed by atoms with Gasteiger partial charge in [0.15, 0.2) is 5.78 Å². The van der Waals surface area contributed by atoms with Crippen molar-refractivity contribution < 1.29 is 9.00 Å². The van der Waals surface area contributed by atoms with Crippen LogP contribution < -0.4 is 0 Å². The largest absolute Gasteiger partial charge is 0.294 e. The average molecular weight is 365 g/mol. The number of halogens is 2. The molecule has 5 heteroatoms. The first-order valence-corrected chi connectivity index (χ1v) is 8.94. The molecule has 0 aliphatic heterocycles. The van der Waals surface area contributed by atoms with Gasteiger partial charge >= 0.3 is 0 Å². The van der Waals surface area contributed by atoms with Crippen molar-refractivity contribution in [3.05, 3.63) is 81.2 Å². The molecule has 2 aromatic rings. The van der Waals surface area contributed by atoms with Crippen LogP contribution in [0, 0.1) is 0 Å².